The van der Waals surface area contributed by atoms with Crippen LogP contribution in [-0.4, -0.2) is 5.91 Å². The number of hydrogen-bond acceptors (Lipinski definition) is 2. The van der Waals surface area contributed by atoms with E-state index in [-0.39, 0.29) is 24.2 Å². The summed E-state index contributed by atoms with van der Waals surface area (Å²) in [6.07, 6.45) is 0.243. The minimum absolute atomic E-state index is 0.104. The molecule has 1 aliphatic heterocycles. The largest absolute Gasteiger partial charge is 0.325 e. The molecule has 3 N–H and O–H groups in total. The molecule has 1 aromatic carbocycles. The number of anilines is 1. The Bertz CT molecular complexity index is 401. The number of nitrogens with one attached hydrogen (secondary N) is 1. The van der Waals surface area contributed by atoms with Gasteiger partial charge in [-0.05, 0) is 30.2 Å². The number of carbonyl (C=O) groups excluding carboxylic acids is 1. The Balaban J connectivity index is 2.57. The molecular weight excluding hydrogens is 183 g/mol. The maximum atomic E-state index is 13.1. The van der Waals surface area contributed by atoms with Gasteiger partial charge < -0.3 is 11.1 Å². The van der Waals surface area contributed by atoms with Crippen LogP contribution >= 0.6 is 0 Å². The fourth-order valence-electron chi connectivity index (χ4n) is 1.69. The summed E-state index contributed by atoms with van der Waals surface area (Å²) in [5.74, 6) is -0.444. The van der Waals surface area contributed by atoms with Crippen LogP contribution in [0.15, 0.2) is 12.1 Å². The molecule has 0 fully saturated rings. The third kappa shape index (κ3) is 1.37. The third-order valence-electron chi connectivity index (χ3n) is 2.32. The van der Waals surface area contributed by atoms with Gasteiger partial charge in [-0.25, -0.2) is 4.39 Å². The molecule has 1 heterocycles. The molecule has 1 amide bonds. The number of carbonyl (C=O) groups is 1. The minimum Gasteiger partial charge on any atom is -0.325 e. The Hall–Kier alpha value is -1.42. The number of halogens is 1. The average Bonchev–Trinajstić information content (AvgIpc) is 2.42. The van der Waals surface area contributed by atoms with Gasteiger partial charge in [-0.1, -0.05) is 0 Å². The zero-order valence-corrected chi connectivity index (χ0v) is 7.80. The van der Waals surface area contributed by atoms with Crippen LogP contribution in [-0.2, 0) is 11.2 Å². The van der Waals surface area contributed by atoms with Gasteiger partial charge in [-0.15, -0.1) is 0 Å². The van der Waals surface area contributed by atoms with Crippen LogP contribution in [0.2, 0.25) is 0 Å². The minimum atomic E-state index is -0.340. The first-order chi connectivity index (χ1) is 6.58. The molecule has 74 valence electrons. The Labute approximate surface area is 81.1 Å². The molecule has 0 saturated carbocycles. The van der Waals surface area contributed by atoms with Gasteiger partial charge in [0.1, 0.15) is 5.82 Å². The zero-order valence-electron chi connectivity index (χ0n) is 7.80. The van der Waals surface area contributed by atoms with Gasteiger partial charge >= 0.3 is 0 Å². The quantitative estimate of drug-likeness (QED) is 0.708. The number of amides is 1. The molecule has 14 heavy (non-hydrogen) atoms. The van der Waals surface area contributed by atoms with Crippen LogP contribution in [0, 0.1) is 5.82 Å². The number of nitrogens with two attached hydrogens (primary N) is 1. The molecule has 0 aliphatic carbocycles. The van der Waals surface area contributed by atoms with E-state index in [1.165, 1.54) is 12.1 Å². The van der Waals surface area contributed by atoms with Crippen molar-refractivity contribution in [3.05, 3.63) is 29.1 Å². The van der Waals surface area contributed by atoms with E-state index >= 15 is 0 Å². The fraction of sp³-hybridized carbons (Fsp3) is 0.300. The van der Waals surface area contributed by atoms with Crippen molar-refractivity contribution in [2.45, 2.75) is 19.4 Å². The highest BCUT2D eigenvalue weighted by Crippen LogP contribution is 2.31. The van der Waals surface area contributed by atoms with Gasteiger partial charge in [0.05, 0.1) is 6.42 Å². The second-order valence-corrected chi connectivity index (χ2v) is 3.54. The molecule has 3 nitrogen and oxygen atoms in total. The molecule has 0 aromatic heterocycles. The predicted octanol–water partition coefficient (Wildman–Crippen LogP) is 1.34. The lowest BCUT2D eigenvalue weighted by molar-refractivity contribution is -0.115. The molecule has 1 aromatic rings. The van der Waals surface area contributed by atoms with E-state index in [2.05, 4.69) is 5.32 Å². The van der Waals surface area contributed by atoms with Crippen LogP contribution in [0.1, 0.15) is 24.1 Å². The Morgan fingerprint density at radius 3 is 2.93 bits per heavy atom. The topological polar surface area (TPSA) is 55.1 Å². The predicted molar refractivity (Wildman–Crippen MR) is 51.3 cm³/mol. The van der Waals surface area contributed by atoms with Crippen molar-refractivity contribution < 1.29 is 9.18 Å². The summed E-state index contributed by atoms with van der Waals surface area (Å²) in [6.45, 7) is 1.76. The second kappa shape index (κ2) is 3.06. The van der Waals surface area contributed by atoms with Gasteiger partial charge in [-0.3, -0.25) is 4.79 Å². The average molecular weight is 194 g/mol. The van der Waals surface area contributed by atoms with Crippen molar-refractivity contribution in [3.8, 4) is 0 Å². The highest BCUT2D eigenvalue weighted by atomic mass is 19.1. The molecule has 0 radical (unpaired) electrons. The van der Waals surface area contributed by atoms with Crippen molar-refractivity contribution in [3.63, 3.8) is 0 Å². The van der Waals surface area contributed by atoms with E-state index in [1.807, 2.05) is 0 Å². The third-order valence-corrected chi connectivity index (χ3v) is 2.32. The maximum Gasteiger partial charge on any atom is 0.228 e. The lowest BCUT2D eigenvalue weighted by atomic mass is 10.0. The SMILES string of the molecule is CC(N)c1cc(F)cc2c1NC(=O)C2. The molecule has 0 saturated heterocycles. The lowest BCUT2D eigenvalue weighted by Gasteiger charge is -2.11. The smallest absolute Gasteiger partial charge is 0.228 e. The monoisotopic (exact) mass is 194 g/mol. The normalized spacial score (nSPS) is 16.4. The molecule has 4 heteroatoms. The molecular formula is C10H11FN2O. The Morgan fingerprint density at radius 2 is 2.29 bits per heavy atom. The van der Waals surface area contributed by atoms with Crippen LogP contribution < -0.4 is 11.1 Å². The summed E-state index contributed by atoms with van der Waals surface area (Å²) < 4.78 is 13.1. The van der Waals surface area contributed by atoms with Crippen molar-refractivity contribution in [2.75, 3.05) is 5.32 Å². The first-order valence-electron chi connectivity index (χ1n) is 4.45. The van der Waals surface area contributed by atoms with Gasteiger partial charge in [0, 0.05) is 11.7 Å². The van der Waals surface area contributed by atoms with E-state index in [0.717, 1.165) is 0 Å². The second-order valence-electron chi connectivity index (χ2n) is 3.54. The highest BCUT2D eigenvalue weighted by molar-refractivity contribution is 6.00. The number of hydrogen-bond donors (Lipinski definition) is 2. The molecule has 1 atom stereocenters. The number of benzene rings is 1. The van der Waals surface area contributed by atoms with E-state index in [9.17, 15) is 9.18 Å². The van der Waals surface area contributed by atoms with E-state index in [1.54, 1.807) is 6.92 Å². The van der Waals surface area contributed by atoms with E-state index in [0.29, 0.717) is 16.8 Å². The summed E-state index contributed by atoms with van der Waals surface area (Å²) >= 11 is 0. The Kier molecular flexibility index (Phi) is 2.00. The van der Waals surface area contributed by atoms with Gasteiger partial charge in [0.25, 0.3) is 0 Å². The first kappa shape index (κ1) is 9.15. The summed E-state index contributed by atoms with van der Waals surface area (Å²) in [5.41, 5.74) is 7.72. The van der Waals surface area contributed by atoms with Crippen LogP contribution in [0.3, 0.4) is 0 Å². The van der Waals surface area contributed by atoms with Crippen LogP contribution in [0.25, 0.3) is 0 Å². The maximum absolute atomic E-state index is 13.1. The van der Waals surface area contributed by atoms with Crippen LogP contribution in [0.5, 0.6) is 0 Å². The van der Waals surface area contributed by atoms with Crippen molar-refractivity contribution >= 4 is 11.6 Å². The van der Waals surface area contributed by atoms with Gasteiger partial charge in [-0.2, -0.15) is 0 Å². The fourth-order valence-corrected chi connectivity index (χ4v) is 1.69. The van der Waals surface area contributed by atoms with Crippen molar-refractivity contribution in [1.29, 1.82) is 0 Å². The van der Waals surface area contributed by atoms with E-state index in [4.69, 9.17) is 5.73 Å². The summed E-state index contributed by atoms with van der Waals surface area (Å²) in [4.78, 5) is 11.1. The van der Waals surface area contributed by atoms with Crippen molar-refractivity contribution in [2.24, 2.45) is 5.73 Å². The molecule has 0 spiro atoms. The molecule has 0 bridgehead atoms. The van der Waals surface area contributed by atoms with E-state index < -0.39 is 0 Å². The lowest BCUT2D eigenvalue weighted by Crippen LogP contribution is -2.10. The summed E-state index contributed by atoms with van der Waals surface area (Å²) in [7, 11) is 0. The molecule has 1 unspecified atom stereocenters. The molecule has 1 aliphatic rings. The van der Waals surface area contributed by atoms with Gasteiger partial charge in [0.2, 0.25) is 5.91 Å². The highest BCUT2D eigenvalue weighted by Gasteiger charge is 2.22. The Morgan fingerprint density at radius 1 is 1.57 bits per heavy atom. The zero-order chi connectivity index (χ0) is 10.3. The summed E-state index contributed by atoms with van der Waals surface area (Å²) in [6, 6.07) is 2.46. The standard InChI is InChI=1S/C10H11FN2O/c1-5(12)8-4-7(11)2-6-3-9(14)13-10(6)8/h2,4-5H,3,12H2,1H3,(H,13,14). The first-order valence-corrected chi connectivity index (χ1v) is 4.45. The summed E-state index contributed by atoms with van der Waals surface area (Å²) in [5, 5.41) is 2.69. The van der Waals surface area contributed by atoms with Crippen LogP contribution in [0.4, 0.5) is 10.1 Å². The van der Waals surface area contributed by atoms with Crippen molar-refractivity contribution in [1.82, 2.24) is 0 Å². The number of rotatable bonds is 1. The number of fused-ring (bicyclic) bond motifs is 1. The van der Waals surface area contributed by atoms with Gasteiger partial charge in [0.15, 0.2) is 0 Å². The molecule has 2 rings (SSSR count).